The molecule has 0 aliphatic rings. The Balaban J connectivity index is 0.00000162. The number of phosphoric ester groups is 1. The average molecular weight is 308 g/mol. The predicted octanol–water partition coefficient (Wildman–Crippen LogP) is 2.61. The third kappa shape index (κ3) is 4.54. The van der Waals surface area contributed by atoms with Crippen LogP contribution in [0.5, 0.6) is 11.5 Å². The number of rotatable bonds is 4. The van der Waals surface area contributed by atoms with Gasteiger partial charge in [-0.1, -0.05) is 36.4 Å². The summed E-state index contributed by atoms with van der Waals surface area (Å²) < 4.78 is 21.1. The Morgan fingerprint density at radius 1 is 0.778 bits per heavy atom. The molecule has 18 heavy (non-hydrogen) atoms. The fraction of sp³-hybridized carbons (Fsp3) is 0. The van der Waals surface area contributed by atoms with E-state index in [9.17, 15) is 9.46 Å². The van der Waals surface area contributed by atoms with E-state index in [1.165, 1.54) is 0 Å². The number of benzene rings is 2. The quantitative estimate of drug-likeness (QED) is 0.643. The van der Waals surface area contributed by atoms with Crippen molar-refractivity contribution in [1.82, 2.24) is 0 Å². The van der Waals surface area contributed by atoms with Gasteiger partial charge in [0.2, 0.25) is 0 Å². The molecule has 0 N–H and O–H groups in total. The summed E-state index contributed by atoms with van der Waals surface area (Å²) in [5.41, 5.74) is 0. The topological polar surface area (TPSA) is 58.6 Å². The second kappa shape index (κ2) is 6.60. The van der Waals surface area contributed by atoms with E-state index in [0.29, 0.717) is 0 Å². The summed E-state index contributed by atoms with van der Waals surface area (Å²) in [6, 6.07) is 16.4. The molecular formula is C12H10NiO4P+. The van der Waals surface area contributed by atoms with Crippen LogP contribution in [-0.2, 0) is 21.1 Å². The van der Waals surface area contributed by atoms with Gasteiger partial charge in [-0.3, -0.25) is 0 Å². The molecule has 0 aliphatic carbocycles. The summed E-state index contributed by atoms with van der Waals surface area (Å²) in [4.78, 5) is 11.6. The minimum absolute atomic E-state index is 0. The van der Waals surface area contributed by atoms with E-state index in [0.717, 1.165) is 0 Å². The van der Waals surface area contributed by atoms with Gasteiger partial charge in [0.1, 0.15) is 11.5 Å². The molecular weight excluding hydrogens is 298 g/mol. The molecule has 0 aromatic heterocycles. The summed E-state index contributed by atoms with van der Waals surface area (Å²) in [6.45, 7) is 0. The van der Waals surface area contributed by atoms with Gasteiger partial charge >= 0.3 is 24.3 Å². The smallest absolute Gasteiger partial charge is 0.736 e. The van der Waals surface area contributed by atoms with Crippen LogP contribution in [-0.4, -0.2) is 0 Å². The molecule has 2 aromatic rings. The average Bonchev–Trinajstić information content (AvgIpc) is 2.30. The minimum Gasteiger partial charge on any atom is -0.736 e. The van der Waals surface area contributed by atoms with Crippen molar-refractivity contribution in [3.05, 3.63) is 60.7 Å². The molecule has 96 valence electrons. The van der Waals surface area contributed by atoms with Gasteiger partial charge < -0.3 is 13.9 Å². The van der Waals surface area contributed by atoms with Crippen LogP contribution in [0.15, 0.2) is 60.7 Å². The van der Waals surface area contributed by atoms with Crippen molar-refractivity contribution in [2.45, 2.75) is 0 Å². The van der Waals surface area contributed by atoms with Crippen LogP contribution in [0.2, 0.25) is 0 Å². The fourth-order valence-corrected chi connectivity index (χ4v) is 2.04. The van der Waals surface area contributed by atoms with Crippen LogP contribution in [0.4, 0.5) is 0 Å². The van der Waals surface area contributed by atoms with Gasteiger partial charge in [0.15, 0.2) is 0 Å². The van der Waals surface area contributed by atoms with Crippen LogP contribution >= 0.6 is 7.82 Å². The third-order valence-electron chi connectivity index (χ3n) is 1.92. The van der Waals surface area contributed by atoms with E-state index in [2.05, 4.69) is 0 Å². The zero-order valence-corrected chi connectivity index (χ0v) is 11.1. The molecule has 0 amide bonds. The zero-order valence-electron chi connectivity index (χ0n) is 9.17. The van der Waals surface area contributed by atoms with Crippen LogP contribution in [0, 0.1) is 0 Å². The molecule has 0 saturated heterocycles. The molecule has 0 bridgehead atoms. The maximum Gasteiger partial charge on any atom is 2.00 e. The Labute approximate surface area is 115 Å². The van der Waals surface area contributed by atoms with Gasteiger partial charge in [0.25, 0.3) is 0 Å². The summed E-state index contributed by atoms with van der Waals surface area (Å²) >= 11 is 0. The Hall–Kier alpha value is -1.28. The first kappa shape index (κ1) is 14.8. The number of para-hydroxylation sites is 2. The molecule has 0 saturated carbocycles. The number of phosphoric acid groups is 1. The summed E-state index contributed by atoms with van der Waals surface area (Å²) in [7, 11) is -4.39. The van der Waals surface area contributed by atoms with Crippen molar-refractivity contribution < 1.29 is 35.0 Å². The maximum absolute atomic E-state index is 11.6. The number of hydrogen-bond donors (Lipinski definition) is 0. The molecule has 4 nitrogen and oxygen atoms in total. The van der Waals surface area contributed by atoms with E-state index >= 15 is 0 Å². The van der Waals surface area contributed by atoms with Gasteiger partial charge in [-0.05, 0) is 24.3 Å². The van der Waals surface area contributed by atoms with Crippen LogP contribution < -0.4 is 13.9 Å². The zero-order chi connectivity index (χ0) is 12.1. The maximum atomic E-state index is 11.6. The molecule has 6 heteroatoms. The second-order valence-corrected chi connectivity index (χ2v) is 4.52. The van der Waals surface area contributed by atoms with Crippen molar-refractivity contribution >= 4 is 7.82 Å². The van der Waals surface area contributed by atoms with E-state index in [-0.39, 0.29) is 28.0 Å². The van der Waals surface area contributed by atoms with Crippen LogP contribution in [0.1, 0.15) is 0 Å². The van der Waals surface area contributed by atoms with E-state index < -0.39 is 7.82 Å². The molecule has 0 unspecified atom stereocenters. The molecule has 0 heterocycles. The summed E-state index contributed by atoms with van der Waals surface area (Å²) in [5.74, 6) is 0.448. The van der Waals surface area contributed by atoms with Gasteiger partial charge in [-0.25, -0.2) is 4.57 Å². The van der Waals surface area contributed by atoms with Crippen molar-refractivity contribution in [3.63, 3.8) is 0 Å². The Morgan fingerprint density at radius 2 is 1.11 bits per heavy atom. The first-order valence-corrected chi connectivity index (χ1v) is 6.42. The van der Waals surface area contributed by atoms with Gasteiger partial charge in [-0.2, -0.15) is 0 Å². The fourth-order valence-electron chi connectivity index (χ4n) is 1.24. The molecule has 2 rings (SSSR count). The number of hydrogen-bond acceptors (Lipinski definition) is 4. The second-order valence-electron chi connectivity index (χ2n) is 3.26. The predicted molar refractivity (Wildman–Crippen MR) is 61.7 cm³/mol. The first-order chi connectivity index (χ1) is 8.16. The van der Waals surface area contributed by atoms with Crippen molar-refractivity contribution in [2.24, 2.45) is 0 Å². The summed E-state index contributed by atoms with van der Waals surface area (Å²) in [5, 5.41) is 0. The standard InChI is InChI=1S/C12H11O4P.Ni/c13-17(14,15-11-7-3-1-4-8-11)16-12-9-5-2-6-10-12;/h1-10H,(H,13,14);/q;+2/p-1. The Morgan fingerprint density at radius 3 is 1.44 bits per heavy atom. The molecule has 2 aromatic carbocycles. The summed E-state index contributed by atoms with van der Waals surface area (Å²) in [6.07, 6.45) is 0. The van der Waals surface area contributed by atoms with Gasteiger partial charge in [0.05, 0.1) is 0 Å². The van der Waals surface area contributed by atoms with Crippen molar-refractivity contribution in [1.29, 1.82) is 0 Å². The largest absolute Gasteiger partial charge is 2.00 e. The van der Waals surface area contributed by atoms with Gasteiger partial charge in [-0.15, -0.1) is 0 Å². The van der Waals surface area contributed by atoms with Crippen LogP contribution in [0.25, 0.3) is 0 Å². The van der Waals surface area contributed by atoms with Crippen molar-refractivity contribution in [2.75, 3.05) is 0 Å². The SMILES string of the molecule is O=P([O-])(Oc1ccccc1)Oc1ccccc1.[Ni+2]. The molecule has 0 aliphatic heterocycles. The Bertz CT molecular complexity index is 473. The molecule has 0 fully saturated rings. The molecule has 0 radical (unpaired) electrons. The first-order valence-electron chi connectivity index (χ1n) is 4.96. The van der Waals surface area contributed by atoms with E-state index in [1.54, 1.807) is 60.7 Å². The molecule has 0 spiro atoms. The van der Waals surface area contributed by atoms with E-state index in [1.807, 2.05) is 0 Å². The monoisotopic (exact) mass is 307 g/mol. The molecule has 0 atom stereocenters. The van der Waals surface area contributed by atoms with Crippen molar-refractivity contribution in [3.8, 4) is 11.5 Å². The van der Waals surface area contributed by atoms with Gasteiger partial charge in [0, 0.05) is 0 Å². The van der Waals surface area contributed by atoms with Crippen LogP contribution in [0.3, 0.4) is 0 Å². The third-order valence-corrected chi connectivity index (χ3v) is 2.79. The van der Waals surface area contributed by atoms with E-state index in [4.69, 9.17) is 9.05 Å². The Kier molecular flexibility index (Phi) is 5.42. The minimum atomic E-state index is -4.39. The normalized spacial score (nSPS) is 10.3.